The molecule has 0 radical (unpaired) electrons. The number of benzene rings is 3. The van der Waals surface area contributed by atoms with Crippen LogP contribution < -0.4 is 0 Å². The Balaban J connectivity index is 1.72. The van der Waals surface area contributed by atoms with Gasteiger partial charge in [0.25, 0.3) is 0 Å². The van der Waals surface area contributed by atoms with Crippen molar-refractivity contribution in [1.29, 1.82) is 0 Å². The third kappa shape index (κ3) is 2.28. The van der Waals surface area contributed by atoms with Crippen molar-refractivity contribution < 1.29 is 0 Å². The molecule has 2 aliphatic rings. The van der Waals surface area contributed by atoms with E-state index >= 15 is 0 Å². The maximum atomic E-state index is 2.45. The van der Waals surface area contributed by atoms with E-state index < -0.39 is 0 Å². The highest BCUT2D eigenvalue weighted by atomic mass is 14.2. The van der Waals surface area contributed by atoms with Crippen molar-refractivity contribution in [3.8, 4) is 11.1 Å². The van der Waals surface area contributed by atoms with E-state index in [0.717, 1.165) is 6.42 Å². The summed E-state index contributed by atoms with van der Waals surface area (Å²) in [6, 6.07) is 18.1. The average molecular weight is 322 g/mol. The molecule has 0 saturated carbocycles. The molecule has 0 N–H and O–H groups in total. The molecule has 0 heteroatoms. The second-order valence-corrected chi connectivity index (χ2v) is 7.76. The molecule has 0 aromatic heterocycles. The first-order valence-corrected chi connectivity index (χ1v) is 9.26. The first kappa shape index (κ1) is 14.7. The lowest BCUT2D eigenvalue weighted by atomic mass is 9.91. The maximum Gasteiger partial charge on any atom is -0.00326 e. The molecule has 2 aliphatic carbocycles. The number of allylic oxidation sites excluding steroid dienone is 1. The van der Waals surface area contributed by atoms with Gasteiger partial charge in [-0.05, 0) is 62.9 Å². The SMILES string of the molecule is CC(C)CC1=Cc2c(cccc2-c2ccc3c4c(cccc24)C=C3)C1. The third-order valence-electron chi connectivity index (χ3n) is 5.47. The van der Waals surface area contributed by atoms with Gasteiger partial charge >= 0.3 is 0 Å². The fraction of sp³-hybridized carbons (Fsp3) is 0.200. The standard InChI is InChI=1S/C25H22/c1-16(2)13-17-14-20-6-4-7-21(24(20)15-17)22-12-11-19-10-9-18-5-3-8-23(22)25(18)19/h3-12,15-16H,13-14H2,1-2H3. The van der Waals surface area contributed by atoms with Crippen LogP contribution in [0.5, 0.6) is 0 Å². The highest BCUT2D eigenvalue weighted by Gasteiger charge is 2.19. The number of hydrogen-bond acceptors (Lipinski definition) is 0. The first-order valence-electron chi connectivity index (χ1n) is 9.26. The minimum Gasteiger partial charge on any atom is -0.0649 e. The molecular weight excluding hydrogens is 300 g/mol. The van der Waals surface area contributed by atoms with Crippen LogP contribution in [0.25, 0.3) is 40.1 Å². The lowest BCUT2D eigenvalue weighted by Crippen LogP contribution is -1.92. The molecule has 0 nitrogen and oxygen atoms in total. The molecule has 122 valence electrons. The summed E-state index contributed by atoms with van der Waals surface area (Å²) in [5, 5.41) is 2.78. The molecular formula is C25H22. The zero-order chi connectivity index (χ0) is 17.0. The summed E-state index contributed by atoms with van der Waals surface area (Å²) < 4.78 is 0. The van der Waals surface area contributed by atoms with Crippen molar-refractivity contribution in [1.82, 2.24) is 0 Å². The molecule has 0 amide bonds. The molecule has 3 aromatic rings. The van der Waals surface area contributed by atoms with E-state index in [-0.39, 0.29) is 0 Å². The predicted octanol–water partition coefficient (Wildman–Crippen LogP) is 6.98. The number of fused-ring (bicyclic) bond motifs is 1. The molecule has 0 spiro atoms. The fourth-order valence-electron chi connectivity index (χ4n) is 4.48. The second kappa shape index (κ2) is 5.46. The third-order valence-corrected chi connectivity index (χ3v) is 5.47. The average Bonchev–Trinajstić information content (AvgIpc) is 3.19. The maximum absolute atomic E-state index is 2.45. The van der Waals surface area contributed by atoms with Crippen LogP contribution in [0.2, 0.25) is 0 Å². The van der Waals surface area contributed by atoms with Crippen molar-refractivity contribution >= 4 is 29.0 Å². The molecule has 0 heterocycles. The highest BCUT2D eigenvalue weighted by Crippen LogP contribution is 2.41. The second-order valence-electron chi connectivity index (χ2n) is 7.76. The zero-order valence-corrected chi connectivity index (χ0v) is 14.8. The van der Waals surface area contributed by atoms with Gasteiger partial charge in [0.05, 0.1) is 0 Å². The molecule has 5 rings (SSSR count). The molecule has 25 heavy (non-hydrogen) atoms. The monoisotopic (exact) mass is 322 g/mol. The summed E-state index contributed by atoms with van der Waals surface area (Å²) in [6.45, 7) is 4.61. The molecule has 0 bridgehead atoms. The molecule has 0 fully saturated rings. The molecule has 3 aromatic carbocycles. The highest BCUT2D eigenvalue weighted by molar-refractivity contribution is 6.10. The Hall–Kier alpha value is -2.60. The predicted molar refractivity (Wildman–Crippen MR) is 109 cm³/mol. The van der Waals surface area contributed by atoms with Crippen molar-refractivity contribution in [2.45, 2.75) is 26.7 Å². The van der Waals surface area contributed by atoms with E-state index in [0.29, 0.717) is 5.92 Å². The Labute approximate surface area is 149 Å². The Morgan fingerprint density at radius 2 is 1.64 bits per heavy atom. The van der Waals surface area contributed by atoms with E-state index in [1.54, 1.807) is 5.57 Å². The number of rotatable bonds is 3. The Bertz CT molecular complexity index is 1050. The summed E-state index contributed by atoms with van der Waals surface area (Å²) >= 11 is 0. The summed E-state index contributed by atoms with van der Waals surface area (Å²) in [7, 11) is 0. The van der Waals surface area contributed by atoms with Crippen LogP contribution in [-0.2, 0) is 6.42 Å². The van der Waals surface area contributed by atoms with Gasteiger partial charge in [0.15, 0.2) is 0 Å². The fourth-order valence-corrected chi connectivity index (χ4v) is 4.48. The summed E-state index contributed by atoms with van der Waals surface area (Å²) in [5.41, 5.74) is 9.93. The first-order chi connectivity index (χ1) is 12.2. The van der Waals surface area contributed by atoms with Gasteiger partial charge in [0.2, 0.25) is 0 Å². The lowest BCUT2D eigenvalue weighted by molar-refractivity contribution is 0.638. The van der Waals surface area contributed by atoms with Gasteiger partial charge in [-0.2, -0.15) is 0 Å². The van der Waals surface area contributed by atoms with Crippen LogP contribution in [0.4, 0.5) is 0 Å². The quantitative estimate of drug-likeness (QED) is 0.382. The van der Waals surface area contributed by atoms with Gasteiger partial charge in [-0.15, -0.1) is 0 Å². The Morgan fingerprint density at radius 1 is 0.840 bits per heavy atom. The summed E-state index contributed by atoms with van der Waals surface area (Å²) in [6.07, 6.45) is 9.23. The van der Waals surface area contributed by atoms with Gasteiger partial charge in [-0.3, -0.25) is 0 Å². The summed E-state index contributed by atoms with van der Waals surface area (Å²) in [5.74, 6) is 0.715. The molecule has 0 saturated heterocycles. The van der Waals surface area contributed by atoms with Crippen molar-refractivity contribution in [3.05, 3.63) is 76.4 Å². The van der Waals surface area contributed by atoms with Crippen LogP contribution in [0.3, 0.4) is 0 Å². The van der Waals surface area contributed by atoms with E-state index in [1.165, 1.54) is 50.6 Å². The lowest BCUT2D eigenvalue weighted by Gasteiger charge is -2.12. The van der Waals surface area contributed by atoms with E-state index in [2.05, 4.69) is 80.6 Å². The van der Waals surface area contributed by atoms with Gasteiger partial charge in [-0.1, -0.05) is 86.2 Å². The molecule has 0 unspecified atom stereocenters. The van der Waals surface area contributed by atoms with Crippen LogP contribution in [-0.4, -0.2) is 0 Å². The Kier molecular flexibility index (Phi) is 3.21. The van der Waals surface area contributed by atoms with Gasteiger partial charge in [-0.25, -0.2) is 0 Å². The smallest absolute Gasteiger partial charge is 0.00326 e. The van der Waals surface area contributed by atoms with Crippen molar-refractivity contribution in [3.63, 3.8) is 0 Å². The Morgan fingerprint density at radius 3 is 2.48 bits per heavy atom. The topological polar surface area (TPSA) is 0 Å². The van der Waals surface area contributed by atoms with Crippen LogP contribution in [0.1, 0.15) is 42.5 Å². The molecule has 0 aliphatic heterocycles. The van der Waals surface area contributed by atoms with Gasteiger partial charge in [0.1, 0.15) is 0 Å². The van der Waals surface area contributed by atoms with Crippen molar-refractivity contribution in [2.75, 3.05) is 0 Å². The van der Waals surface area contributed by atoms with E-state index in [4.69, 9.17) is 0 Å². The van der Waals surface area contributed by atoms with Crippen LogP contribution in [0, 0.1) is 5.92 Å². The van der Waals surface area contributed by atoms with Gasteiger partial charge in [0, 0.05) is 0 Å². The van der Waals surface area contributed by atoms with Crippen LogP contribution >= 0.6 is 0 Å². The number of hydrogen-bond donors (Lipinski definition) is 0. The zero-order valence-electron chi connectivity index (χ0n) is 14.8. The van der Waals surface area contributed by atoms with Crippen molar-refractivity contribution in [2.24, 2.45) is 5.92 Å². The van der Waals surface area contributed by atoms with E-state index in [1.807, 2.05) is 0 Å². The van der Waals surface area contributed by atoms with Gasteiger partial charge < -0.3 is 0 Å². The van der Waals surface area contributed by atoms with E-state index in [9.17, 15) is 0 Å². The minimum absolute atomic E-state index is 0.715. The van der Waals surface area contributed by atoms with Crippen LogP contribution in [0.15, 0.2) is 54.1 Å². The normalized spacial score (nSPS) is 14.4. The summed E-state index contributed by atoms with van der Waals surface area (Å²) in [4.78, 5) is 0. The molecule has 0 atom stereocenters. The minimum atomic E-state index is 0.715. The largest absolute Gasteiger partial charge is 0.0649 e.